The van der Waals surface area contributed by atoms with Crippen LogP contribution in [-0.2, 0) is 6.54 Å². The van der Waals surface area contributed by atoms with Crippen molar-refractivity contribution in [2.45, 2.75) is 32.0 Å². The molecule has 0 aliphatic carbocycles. The first kappa shape index (κ1) is 16.0. The van der Waals surface area contributed by atoms with Gasteiger partial charge in [0.15, 0.2) is 0 Å². The molecule has 0 radical (unpaired) electrons. The molecule has 2 aromatic rings. The van der Waals surface area contributed by atoms with Crippen LogP contribution < -0.4 is 10.6 Å². The van der Waals surface area contributed by atoms with Crippen LogP contribution in [-0.4, -0.2) is 17.2 Å². The summed E-state index contributed by atoms with van der Waals surface area (Å²) in [6.45, 7) is 1.88. The molecule has 0 spiro atoms. The lowest BCUT2D eigenvalue weighted by atomic mass is 10.1. The molecule has 3 N–H and O–H groups in total. The first-order valence-corrected chi connectivity index (χ1v) is 7.05. The highest BCUT2D eigenvalue weighted by atomic mass is 19.1. The molecular weight excluding hydrogens is 287 g/mol. The van der Waals surface area contributed by atoms with Crippen molar-refractivity contribution in [2.24, 2.45) is 0 Å². The van der Waals surface area contributed by atoms with Gasteiger partial charge in [0.2, 0.25) is 0 Å². The second-order valence-corrected chi connectivity index (χ2v) is 5.09. The number of aliphatic hydroxyl groups excluding tert-OH is 1. The standard InChI is InChI=1S/C16H19FN2O3/c1-11(9-14(20)15-7-4-8-22-15)19-16(21)18-10-12-5-2-3-6-13(12)17/h2-8,11,14,20H,9-10H2,1H3,(H2,18,19,21). The van der Waals surface area contributed by atoms with Crippen molar-refractivity contribution in [1.82, 2.24) is 10.6 Å². The Hall–Kier alpha value is -2.34. The van der Waals surface area contributed by atoms with Crippen LogP contribution in [0.15, 0.2) is 47.1 Å². The molecular formula is C16H19FN2O3. The van der Waals surface area contributed by atoms with E-state index in [9.17, 15) is 14.3 Å². The Balaban J connectivity index is 1.76. The predicted octanol–water partition coefficient (Wildman–Crippen LogP) is 2.73. The summed E-state index contributed by atoms with van der Waals surface area (Å²) in [7, 11) is 0. The number of benzene rings is 1. The number of halogens is 1. The van der Waals surface area contributed by atoms with E-state index in [0.717, 1.165) is 0 Å². The Labute approximate surface area is 128 Å². The number of carbonyl (C=O) groups excluding carboxylic acids is 1. The number of amides is 2. The summed E-state index contributed by atoms with van der Waals surface area (Å²) in [5, 5.41) is 15.2. The number of rotatable bonds is 6. The Morgan fingerprint density at radius 1 is 1.32 bits per heavy atom. The maximum Gasteiger partial charge on any atom is 0.315 e. The average Bonchev–Trinajstić information content (AvgIpc) is 3.00. The number of hydrogen-bond acceptors (Lipinski definition) is 3. The van der Waals surface area contributed by atoms with E-state index < -0.39 is 12.1 Å². The van der Waals surface area contributed by atoms with Gasteiger partial charge in [0.05, 0.1) is 6.26 Å². The van der Waals surface area contributed by atoms with Crippen LogP contribution in [0.25, 0.3) is 0 Å². The third kappa shape index (κ3) is 4.60. The van der Waals surface area contributed by atoms with Gasteiger partial charge in [-0.2, -0.15) is 0 Å². The Morgan fingerprint density at radius 3 is 2.77 bits per heavy atom. The normalized spacial score (nSPS) is 13.4. The van der Waals surface area contributed by atoms with Crippen LogP contribution in [0.4, 0.5) is 9.18 Å². The number of nitrogens with one attached hydrogen (secondary N) is 2. The van der Waals surface area contributed by atoms with Gasteiger partial charge in [-0.1, -0.05) is 18.2 Å². The van der Waals surface area contributed by atoms with Crippen LogP contribution >= 0.6 is 0 Å². The second-order valence-electron chi connectivity index (χ2n) is 5.09. The number of furan rings is 1. The molecule has 1 aromatic heterocycles. The topological polar surface area (TPSA) is 74.5 Å². The van der Waals surface area contributed by atoms with Crippen molar-refractivity contribution in [3.8, 4) is 0 Å². The molecule has 6 heteroatoms. The highest BCUT2D eigenvalue weighted by Gasteiger charge is 2.16. The third-order valence-corrected chi connectivity index (χ3v) is 3.22. The van der Waals surface area contributed by atoms with Crippen molar-refractivity contribution in [2.75, 3.05) is 0 Å². The molecule has 2 unspecified atom stereocenters. The summed E-state index contributed by atoms with van der Waals surface area (Å²) in [6.07, 6.45) is 1.02. The molecule has 2 amide bonds. The van der Waals surface area contributed by atoms with Crippen molar-refractivity contribution >= 4 is 6.03 Å². The van der Waals surface area contributed by atoms with E-state index in [2.05, 4.69) is 10.6 Å². The zero-order valence-electron chi connectivity index (χ0n) is 12.3. The van der Waals surface area contributed by atoms with Gasteiger partial charge in [-0.25, -0.2) is 9.18 Å². The van der Waals surface area contributed by atoms with E-state index >= 15 is 0 Å². The number of aliphatic hydroxyl groups is 1. The van der Waals surface area contributed by atoms with E-state index in [1.165, 1.54) is 12.3 Å². The zero-order chi connectivity index (χ0) is 15.9. The van der Waals surface area contributed by atoms with Crippen LogP contribution in [0.1, 0.15) is 30.8 Å². The number of urea groups is 1. The first-order chi connectivity index (χ1) is 10.6. The minimum atomic E-state index is -0.781. The van der Waals surface area contributed by atoms with Crippen molar-refractivity contribution in [3.05, 3.63) is 59.8 Å². The Morgan fingerprint density at radius 2 is 2.09 bits per heavy atom. The van der Waals surface area contributed by atoms with Gasteiger partial charge in [-0.15, -0.1) is 0 Å². The second kappa shape index (κ2) is 7.61. The van der Waals surface area contributed by atoms with E-state index in [1.54, 1.807) is 37.3 Å². The first-order valence-electron chi connectivity index (χ1n) is 7.05. The summed E-state index contributed by atoms with van der Waals surface area (Å²) in [6, 6.07) is 8.95. The van der Waals surface area contributed by atoms with Crippen LogP contribution in [0.2, 0.25) is 0 Å². The average molecular weight is 306 g/mol. The largest absolute Gasteiger partial charge is 0.467 e. The van der Waals surface area contributed by atoms with Gasteiger partial charge in [0, 0.05) is 24.6 Å². The van der Waals surface area contributed by atoms with Gasteiger partial charge >= 0.3 is 6.03 Å². The van der Waals surface area contributed by atoms with Gasteiger partial charge in [-0.3, -0.25) is 0 Å². The smallest absolute Gasteiger partial charge is 0.315 e. The number of carbonyl (C=O) groups is 1. The highest BCUT2D eigenvalue weighted by molar-refractivity contribution is 5.74. The van der Waals surface area contributed by atoms with Crippen molar-refractivity contribution in [1.29, 1.82) is 0 Å². The van der Waals surface area contributed by atoms with Crippen molar-refractivity contribution in [3.63, 3.8) is 0 Å². The van der Waals surface area contributed by atoms with Crippen LogP contribution in [0, 0.1) is 5.82 Å². The Bertz CT molecular complexity index is 601. The van der Waals surface area contributed by atoms with E-state index in [1.807, 2.05) is 0 Å². The molecule has 5 nitrogen and oxygen atoms in total. The molecule has 0 saturated carbocycles. The molecule has 22 heavy (non-hydrogen) atoms. The molecule has 118 valence electrons. The highest BCUT2D eigenvalue weighted by Crippen LogP contribution is 2.18. The molecule has 2 rings (SSSR count). The SMILES string of the molecule is CC(CC(O)c1ccco1)NC(=O)NCc1ccccc1F. The third-order valence-electron chi connectivity index (χ3n) is 3.22. The summed E-state index contributed by atoms with van der Waals surface area (Å²) in [4.78, 5) is 11.8. The quantitative estimate of drug-likeness (QED) is 0.768. The molecule has 0 fully saturated rings. The Kier molecular flexibility index (Phi) is 5.55. The van der Waals surface area contributed by atoms with E-state index in [-0.39, 0.29) is 18.4 Å². The van der Waals surface area contributed by atoms with Gasteiger partial charge in [0.25, 0.3) is 0 Å². The van der Waals surface area contributed by atoms with Crippen LogP contribution in [0.5, 0.6) is 0 Å². The fourth-order valence-corrected chi connectivity index (χ4v) is 2.08. The van der Waals surface area contributed by atoms with Gasteiger partial charge in [-0.05, 0) is 25.1 Å². The molecule has 1 aromatic carbocycles. The summed E-state index contributed by atoms with van der Waals surface area (Å²) in [5.41, 5.74) is 0.418. The lowest BCUT2D eigenvalue weighted by Crippen LogP contribution is -2.41. The predicted molar refractivity (Wildman–Crippen MR) is 79.5 cm³/mol. The fourth-order valence-electron chi connectivity index (χ4n) is 2.08. The zero-order valence-corrected chi connectivity index (χ0v) is 12.3. The minimum absolute atomic E-state index is 0.103. The summed E-state index contributed by atoms with van der Waals surface area (Å²) in [5.74, 6) is 0.101. The van der Waals surface area contributed by atoms with Gasteiger partial charge in [0.1, 0.15) is 17.7 Å². The lowest BCUT2D eigenvalue weighted by molar-refractivity contribution is 0.129. The number of hydrogen-bond donors (Lipinski definition) is 3. The summed E-state index contributed by atoms with van der Waals surface area (Å²) < 4.78 is 18.5. The monoisotopic (exact) mass is 306 g/mol. The molecule has 0 bridgehead atoms. The van der Waals surface area contributed by atoms with Crippen LogP contribution in [0.3, 0.4) is 0 Å². The molecule has 0 aliphatic heterocycles. The molecule has 0 saturated heterocycles. The van der Waals surface area contributed by atoms with E-state index in [4.69, 9.17) is 4.42 Å². The lowest BCUT2D eigenvalue weighted by Gasteiger charge is -2.17. The molecule has 1 heterocycles. The maximum atomic E-state index is 13.4. The molecule has 2 atom stereocenters. The summed E-state index contributed by atoms with van der Waals surface area (Å²) >= 11 is 0. The minimum Gasteiger partial charge on any atom is -0.467 e. The van der Waals surface area contributed by atoms with E-state index in [0.29, 0.717) is 17.7 Å². The van der Waals surface area contributed by atoms with Crippen molar-refractivity contribution < 1.29 is 18.7 Å². The fraction of sp³-hybridized carbons (Fsp3) is 0.312. The van der Waals surface area contributed by atoms with Gasteiger partial charge < -0.3 is 20.2 Å². The maximum absolute atomic E-state index is 13.4. The molecule has 0 aliphatic rings.